The molecule has 0 saturated carbocycles. The van der Waals surface area contributed by atoms with E-state index in [0.29, 0.717) is 0 Å². The van der Waals surface area contributed by atoms with Gasteiger partial charge in [-0.15, -0.1) is 0 Å². The van der Waals surface area contributed by atoms with Crippen molar-refractivity contribution in [3.05, 3.63) is 51.4 Å². The summed E-state index contributed by atoms with van der Waals surface area (Å²) >= 11 is 7.02. The molecule has 0 fully saturated rings. The van der Waals surface area contributed by atoms with E-state index in [2.05, 4.69) is 54.0 Å². The van der Waals surface area contributed by atoms with Crippen molar-refractivity contribution in [1.29, 1.82) is 0 Å². The minimum Gasteiger partial charge on any atom is -0.494 e. The number of halogens is 2. The molecule has 0 aliphatic heterocycles. The molecule has 3 rings (SSSR count). The minimum absolute atomic E-state index is 0.735. The van der Waals surface area contributed by atoms with Crippen molar-refractivity contribution in [2.24, 2.45) is 0 Å². The average Bonchev–Trinajstić information content (AvgIpc) is 3.04. The van der Waals surface area contributed by atoms with Gasteiger partial charge in [0.1, 0.15) is 11.4 Å². The maximum atomic E-state index is 5.52. The molecule has 0 aliphatic rings. The summed E-state index contributed by atoms with van der Waals surface area (Å²) in [5.41, 5.74) is 3.84. The lowest BCUT2D eigenvalue weighted by Crippen LogP contribution is -2.07. The van der Waals surface area contributed by atoms with E-state index in [1.54, 1.807) is 7.11 Å². The summed E-state index contributed by atoms with van der Waals surface area (Å²) in [7, 11) is 5.66. The molecule has 124 valence electrons. The Hall–Kier alpha value is -1.79. The largest absolute Gasteiger partial charge is 0.494 e. The number of hydrogen-bond donors (Lipinski definition) is 0. The number of ether oxygens (including phenoxy) is 1. The minimum atomic E-state index is 0.735. The van der Waals surface area contributed by atoms with Crippen LogP contribution >= 0.6 is 31.9 Å². The zero-order valence-corrected chi connectivity index (χ0v) is 16.7. The summed E-state index contributed by atoms with van der Waals surface area (Å²) in [4.78, 5) is 2.06. The van der Waals surface area contributed by atoms with Crippen LogP contribution in [0.2, 0.25) is 0 Å². The zero-order valence-electron chi connectivity index (χ0n) is 13.5. The maximum Gasteiger partial charge on any atom is 0.167 e. The molecule has 0 saturated heterocycles. The molecular weight excluding hydrogens is 436 g/mol. The van der Waals surface area contributed by atoms with Crippen LogP contribution in [0.1, 0.15) is 0 Å². The first-order valence-corrected chi connectivity index (χ1v) is 8.86. The molecule has 0 radical (unpaired) electrons. The standard InChI is InChI=1S/C18H16Br2N2O2/c1-22(2)13-6-4-11(5-7-13)17-10-16(21-24-17)12-8-14(19)18(23-3)15(20)9-12/h4-10H,1-3H3. The van der Waals surface area contributed by atoms with Gasteiger partial charge in [0.25, 0.3) is 0 Å². The third-order valence-electron chi connectivity index (χ3n) is 3.68. The van der Waals surface area contributed by atoms with E-state index in [1.807, 2.05) is 44.4 Å². The predicted molar refractivity (Wildman–Crippen MR) is 104 cm³/mol. The van der Waals surface area contributed by atoms with Gasteiger partial charge in [0.05, 0.1) is 16.1 Å². The first-order chi connectivity index (χ1) is 11.5. The average molecular weight is 452 g/mol. The Kier molecular flexibility index (Phi) is 4.96. The molecule has 0 N–H and O–H groups in total. The summed E-state index contributed by atoms with van der Waals surface area (Å²) in [6.07, 6.45) is 0. The third-order valence-corrected chi connectivity index (χ3v) is 4.85. The molecule has 6 heteroatoms. The molecule has 3 aromatic rings. The first kappa shape index (κ1) is 17.0. The Morgan fingerprint density at radius 2 is 1.58 bits per heavy atom. The van der Waals surface area contributed by atoms with Crippen molar-refractivity contribution < 1.29 is 9.26 Å². The zero-order chi connectivity index (χ0) is 17.3. The molecule has 0 amide bonds. The van der Waals surface area contributed by atoms with Crippen molar-refractivity contribution >= 4 is 37.5 Å². The van der Waals surface area contributed by atoms with Crippen molar-refractivity contribution in [2.75, 3.05) is 26.1 Å². The van der Waals surface area contributed by atoms with Crippen molar-refractivity contribution in [3.63, 3.8) is 0 Å². The molecule has 4 nitrogen and oxygen atoms in total. The van der Waals surface area contributed by atoms with Gasteiger partial charge in [0.15, 0.2) is 5.76 Å². The summed E-state index contributed by atoms with van der Waals surface area (Å²) < 4.78 is 12.6. The van der Waals surface area contributed by atoms with Crippen LogP contribution < -0.4 is 9.64 Å². The van der Waals surface area contributed by atoms with Gasteiger partial charge in [-0.05, 0) is 68.3 Å². The number of aromatic nitrogens is 1. The number of methoxy groups -OCH3 is 1. The van der Waals surface area contributed by atoms with Crippen molar-refractivity contribution in [2.45, 2.75) is 0 Å². The van der Waals surface area contributed by atoms with Gasteiger partial charge in [-0.2, -0.15) is 0 Å². The van der Waals surface area contributed by atoms with Crippen LogP contribution in [0.4, 0.5) is 5.69 Å². The van der Waals surface area contributed by atoms with Crippen LogP contribution in [0.15, 0.2) is 55.9 Å². The van der Waals surface area contributed by atoms with Gasteiger partial charge in [-0.3, -0.25) is 0 Å². The second kappa shape index (κ2) is 6.99. The van der Waals surface area contributed by atoms with Gasteiger partial charge in [0.2, 0.25) is 0 Å². The molecule has 0 aliphatic carbocycles. The Labute approximate surface area is 157 Å². The summed E-state index contributed by atoms with van der Waals surface area (Å²) in [5.74, 6) is 1.49. The Balaban J connectivity index is 1.93. The Bertz CT molecular complexity index is 835. The molecule has 2 aromatic carbocycles. The van der Waals surface area contributed by atoms with Gasteiger partial charge >= 0.3 is 0 Å². The van der Waals surface area contributed by atoms with E-state index >= 15 is 0 Å². The third kappa shape index (κ3) is 3.35. The van der Waals surface area contributed by atoms with Crippen molar-refractivity contribution in [1.82, 2.24) is 5.16 Å². The summed E-state index contributed by atoms with van der Waals surface area (Å²) in [5, 5.41) is 4.19. The maximum absolute atomic E-state index is 5.52. The van der Waals surface area contributed by atoms with Crippen molar-refractivity contribution in [3.8, 4) is 28.3 Å². The highest BCUT2D eigenvalue weighted by molar-refractivity contribution is 9.11. The number of rotatable bonds is 4. The Morgan fingerprint density at radius 3 is 2.12 bits per heavy atom. The lowest BCUT2D eigenvalue weighted by atomic mass is 10.1. The highest BCUT2D eigenvalue weighted by Gasteiger charge is 2.13. The van der Waals surface area contributed by atoms with Gasteiger partial charge in [0, 0.05) is 37.0 Å². The molecule has 0 atom stereocenters. The van der Waals surface area contributed by atoms with E-state index in [1.165, 1.54) is 0 Å². The molecular formula is C18H16Br2N2O2. The smallest absolute Gasteiger partial charge is 0.167 e. The first-order valence-electron chi connectivity index (χ1n) is 7.27. The molecule has 24 heavy (non-hydrogen) atoms. The normalized spacial score (nSPS) is 10.7. The lowest BCUT2D eigenvalue weighted by Gasteiger charge is -2.11. The molecule has 1 heterocycles. The van der Waals surface area contributed by atoms with Crippen LogP contribution in [0.25, 0.3) is 22.6 Å². The number of anilines is 1. The number of hydrogen-bond acceptors (Lipinski definition) is 4. The van der Waals surface area contributed by atoms with E-state index in [0.717, 1.165) is 43.0 Å². The van der Waals surface area contributed by atoms with Crippen LogP contribution in [-0.2, 0) is 0 Å². The quantitative estimate of drug-likeness (QED) is 0.516. The topological polar surface area (TPSA) is 38.5 Å². The highest BCUT2D eigenvalue weighted by Crippen LogP contribution is 2.38. The van der Waals surface area contributed by atoms with Gasteiger partial charge in [-0.25, -0.2) is 0 Å². The molecule has 0 spiro atoms. The van der Waals surface area contributed by atoms with Crippen LogP contribution in [0.3, 0.4) is 0 Å². The lowest BCUT2D eigenvalue weighted by molar-refractivity contribution is 0.409. The van der Waals surface area contributed by atoms with Gasteiger partial charge < -0.3 is 14.2 Å². The van der Waals surface area contributed by atoms with E-state index in [-0.39, 0.29) is 0 Å². The summed E-state index contributed by atoms with van der Waals surface area (Å²) in [6.45, 7) is 0. The van der Waals surface area contributed by atoms with Crippen LogP contribution in [-0.4, -0.2) is 26.4 Å². The van der Waals surface area contributed by atoms with E-state index < -0.39 is 0 Å². The fourth-order valence-corrected chi connectivity index (χ4v) is 3.88. The predicted octanol–water partition coefficient (Wildman–Crippen LogP) is 5.61. The molecule has 1 aromatic heterocycles. The second-order valence-electron chi connectivity index (χ2n) is 5.49. The highest BCUT2D eigenvalue weighted by atomic mass is 79.9. The van der Waals surface area contributed by atoms with Crippen LogP contribution in [0, 0.1) is 0 Å². The number of benzene rings is 2. The summed E-state index contributed by atoms with van der Waals surface area (Å²) in [6, 6.07) is 14.0. The van der Waals surface area contributed by atoms with E-state index in [9.17, 15) is 0 Å². The fourth-order valence-electron chi connectivity index (χ4n) is 2.37. The molecule has 0 bridgehead atoms. The Morgan fingerprint density at radius 1 is 0.958 bits per heavy atom. The number of nitrogens with zero attached hydrogens (tertiary/aromatic N) is 2. The van der Waals surface area contributed by atoms with Gasteiger partial charge in [-0.1, -0.05) is 5.16 Å². The fraction of sp³-hybridized carbons (Fsp3) is 0.167. The molecule has 0 unspecified atom stereocenters. The second-order valence-corrected chi connectivity index (χ2v) is 7.20. The SMILES string of the molecule is COc1c(Br)cc(-c2cc(-c3ccc(N(C)C)cc3)on2)cc1Br. The van der Waals surface area contributed by atoms with Crippen LogP contribution in [0.5, 0.6) is 5.75 Å². The monoisotopic (exact) mass is 450 g/mol. The van der Waals surface area contributed by atoms with E-state index in [4.69, 9.17) is 9.26 Å².